The summed E-state index contributed by atoms with van der Waals surface area (Å²) in [5.41, 5.74) is 0.00679. The van der Waals surface area contributed by atoms with E-state index in [2.05, 4.69) is 5.10 Å². The molecule has 7 heteroatoms. The zero-order valence-electron chi connectivity index (χ0n) is 9.12. The van der Waals surface area contributed by atoms with Crippen LogP contribution in [0.25, 0.3) is 0 Å². The molecular weight excluding hydrogens is 214 g/mol. The molecule has 2 rings (SSSR count). The van der Waals surface area contributed by atoms with Gasteiger partial charge in [-0.15, -0.1) is 0 Å². The molecule has 1 heterocycles. The van der Waals surface area contributed by atoms with Crippen LogP contribution in [-0.4, -0.2) is 34.7 Å². The third-order valence-electron chi connectivity index (χ3n) is 3.01. The molecule has 1 aromatic heterocycles. The van der Waals surface area contributed by atoms with Gasteiger partial charge in [0.15, 0.2) is 5.79 Å². The molecule has 16 heavy (non-hydrogen) atoms. The quantitative estimate of drug-likeness (QED) is 0.437. The Balaban J connectivity index is 2.03. The minimum atomic E-state index is -0.550. The number of hydrogen-bond donors (Lipinski definition) is 0. The minimum Gasteiger partial charge on any atom is -0.353 e. The zero-order chi connectivity index (χ0) is 11.8. The van der Waals surface area contributed by atoms with Gasteiger partial charge in [-0.25, -0.2) is 0 Å². The Morgan fingerprint density at radius 2 is 2.19 bits per heavy atom. The van der Waals surface area contributed by atoms with E-state index in [4.69, 9.17) is 9.47 Å². The Labute approximate surface area is 92.1 Å². The van der Waals surface area contributed by atoms with Gasteiger partial charge in [0.05, 0.1) is 11.0 Å². The van der Waals surface area contributed by atoms with Gasteiger partial charge in [-0.3, -0.25) is 14.8 Å². The molecule has 0 bridgehead atoms. The van der Waals surface area contributed by atoms with Crippen molar-refractivity contribution in [1.82, 2.24) is 9.78 Å². The van der Waals surface area contributed by atoms with Crippen LogP contribution in [0.2, 0.25) is 0 Å². The molecule has 0 unspecified atom stereocenters. The highest BCUT2D eigenvalue weighted by Gasteiger charge is 2.46. The van der Waals surface area contributed by atoms with E-state index in [1.54, 1.807) is 18.9 Å². The van der Waals surface area contributed by atoms with Gasteiger partial charge in [-0.1, -0.05) is 0 Å². The zero-order valence-corrected chi connectivity index (χ0v) is 9.12. The summed E-state index contributed by atoms with van der Waals surface area (Å²) < 4.78 is 12.1. The molecule has 1 saturated carbocycles. The van der Waals surface area contributed by atoms with Crippen LogP contribution < -0.4 is 0 Å². The Morgan fingerprint density at radius 3 is 2.62 bits per heavy atom. The average Bonchev–Trinajstić information content (AvgIpc) is 2.67. The molecule has 1 aromatic rings. The Kier molecular flexibility index (Phi) is 2.64. The van der Waals surface area contributed by atoms with E-state index in [1.807, 2.05) is 0 Å². The third kappa shape index (κ3) is 1.68. The number of ether oxygens (including phenoxy) is 2. The van der Waals surface area contributed by atoms with Gasteiger partial charge < -0.3 is 9.47 Å². The fourth-order valence-corrected chi connectivity index (χ4v) is 1.88. The van der Waals surface area contributed by atoms with E-state index in [9.17, 15) is 10.1 Å². The monoisotopic (exact) mass is 227 g/mol. The predicted octanol–water partition coefficient (Wildman–Crippen LogP) is 1.12. The van der Waals surface area contributed by atoms with Crippen LogP contribution in [0.1, 0.15) is 18.9 Å². The molecular formula is C9H13N3O4. The molecule has 0 N–H and O–H groups in total. The third-order valence-corrected chi connectivity index (χ3v) is 3.01. The molecule has 0 saturated heterocycles. The van der Waals surface area contributed by atoms with Gasteiger partial charge >= 0.3 is 5.69 Å². The fourth-order valence-electron chi connectivity index (χ4n) is 1.88. The molecule has 0 atom stereocenters. The van der Waals surface area contributed by atoms with E-state index < -0.39 is 10.7 Å². The molecule has 7 nitrogen and oxygen atoms in total. The summed E-state index contributed by atoms with van der Waals surface area (Å²) >= 11 is 0. The number of nitro groups is 1. The van der Waals surface area contributed by atoms with E-state index in [-0.39, 0.29) is 11.7 Å². The Bertz CT molecular complexity index is 391. The maximum atomic E-state index is 10.5. The van der Waals surface area contributed by atoms with Crippen molar-refractivity contribution in [1.29, 1.82) is 0 Å². The molecule has 1 aliphatic carbocycles. The standard InChI is InChI=1S/C9H13N3O4/c1-15-9(16-2)3-7(4-9)11-6-8(5-10-11)12(13)14/h5-7H,3-4H2,1-2H3. The highest BCUT2D eigenvalue weighted by molar-refractivity contribution is 5.21. The maximum Gasteiger partial charge on any atom is 0.307 e. The second kappa shape index (κ2) is 3.84. The van der Waals surface area contributed by atoms with Crippen molar-refractivity contribution in [2.45, 2.75) is 24.7 Å². The van der Waals surface area contributed by atoms with E-state index in [0.717, 1.165) is 0 Å². The normalized spacial score (nSPS) is 19.4. The van der Waals surface area contributed by atoms with E-state index in [0.29, 0.717) is 12.8 Å². The lowest BCUT2D eigenvalue weighted by molar-refractivity contribution is -0.385. The summed E-state index contributed by atoms with van der Waals surface area (Å²) in [6, 6.07) is 0.105. The van der Waals surface area contributed by atoms with Gasteiger partial charge in [0, 0.05) is 27.1 Å². The van der Waals surface area contributed by atoms with Gasteiger partial charge in [-0.2, -0.15) is 5.10 Å². The van der Waals surface area contributed by atoms with Crippen molar-refractivity contribution in [3.63, 3.8) is 0 Å². The second-order valence-corrected chi connectivity index (χ2v) is 3.82. The summed E-state index contributed by atoms with van der Waals surface area (Å²) in [5, 5.41) is 14.4. The van der Waals surface area contributed by atoms with Crippen LogP contribution in [-0.2, 0) is 9.47 Å². The van der Waals surface area contributed by atoms with Crippen molar-refractivity contribution in [2.24, 2.45) is 0 Å². The van der Waals surface area contributed by atoms with Crippen molar-refractivity contribution in [3.8, 4) is 0 Å². The van der Waals surface area contributed by atoms with E-state index in [1.165, 1.54) is 12.4 Å². The first-order chi connectivity index (χ1) is 7.60. The lowest BCUT2D eigenvalue weighted by Crippen LogP contribution is -2.48. The van der Waals surface area contributed by atoms with Crippen molar-refractivity contribution in [2.75, 3.05) is 14.2 Å². The number of hydrogen-bond acceptors (Lipinski definition) is 5. The van der Waals surface area contributed by atoms with Crippen LogP contribution >= 0.6 is 0 Å². The lowest BCUT2D eigenvalue weighted by Gasteiger charge is -2.44. The minimum absolute atomic E-state index is 0.00679. The summed E-state index contributed by atoms with van der Waals surface area (Å²) in [4.78, 5) is 10.0. The molecule has 0 amide bonds. The number of rotatable bonds is 4. The summed E-state index contributed by atoms with van der Waals surface area (Å²) in [6.07, 6.45) is 3.98. The van der Waals surface area contributed by atoms with Gasteiger partial charge in [0.25, 0.3) is 0 Å². The predicted molar refractivity (Wildman–Crippen MR) is 53.9 cm³/mol. The topological polar surface area (TPSA) is 79.4 Å². The molecule has 0 spiro atoms. The van der Waals surface area contributed by atoms with Crippen LogP contribution in [0, 0.1) is 10.1 Å². The summed E-state index contributed by atoms with van der Waals surface area (Å²) in [6.45, 7) is 0. The average molecular weight is 227 g/mol. The van der Waals surface area contributed by atoms with Crippen molar-refractivity contribution < 1.29 is 14.4 Å². The first-order valence-corrected chi connectivity index (χ1v) is 4.89. The van der Waals surface area contributed by atoms with Crippen LogP contribution in [0.5, 0.6) is 0 Å². The van der Waals surface area contributed by atoms with Crippen LogP contribution in [0.15, 0.2) is 12.4 Å². The highest BCUT2D eigenvalue weighted by Crippen LogP contribution is 2.44. The summed E-state index contributed by atoms with van der Waals surface area (Å²) in [7, 11) is 3.18. The molecule has 88 valence electrons. The van der Waals surface area contributed by atoms with Crippen LogP contribution in [0.3, 0.4) is 0 Å². The van der Waals surface area contributed by atoms with Crippen LogP contribution in [0.4, 0.5) is 5.69 Å². The number of aromatic nitrogens is 2. The SMILES string of the molecule is COC1(OC)CC(n2cc([N+](=O)[O-])cn2)C1. The first kappa shape index (κ1) is 11.0. The van der Waals surface area contributed by atoms with Gasteiger partial charge in [0.1, 0.15) is 12.4 Å². The largest absolute Gasteiger partial charge is 0.353 e. The number of methoxy groups -OCH3 is 2. The Morgan fingerprint density at radius 1 is 1.56 bits per heavy atom. The molecule has 1 aliphatic rings. The Hall–Kier alpha value is -1.47. The lowest BCUT2D eigenvalue weighted by atomic mass is 9.85. The van der Waals surface area contributed by atoms with Gasteiger partial charge in [0.2, 0.25) is 0 Å². The summed E-state index contributed by atoms with van der Waals surface area (Å²) in [5.74, 6) is -0.550. The first-order valence-electron chi connectivity index (χ1n) is 4.89. The van der Waals surface area contributed by atoms with Crippen molar-refractivity contribution in [3.05, 3.63) is 22.5 Å². The maximum absolute atomic E-state index is 10.5. The second-order valence-electron chi connectivity index (χ2n) is 3.82. The number of nitrogens with zero attached hydrogens (tertiary/aromatic N) is 3. The van der Waals surface area contributed by atoms with E-state index >= 15 is 0 Å². The molecule has 0 radical (unpaired) electrons. The smallest absolute Gasteiger partial charge is 0.307 e. The van der Waals surface area contributed by atoms with Gasteiger partial charge in [-0.05, 0) is 0 Å². The fraction of sp³-hybridized carbons (Fsp3) is 0.667. The van der Waals surface area contributed by atoms with Crippen molar-refractivity contribution >= 4 is 5.69 Å². The highest BCUT2D eigenvalue weighted by atomic mass is 16.7. The molecule has 1 fully saturated rings. The molecule has 0 aliphatic heterocycles. The molecule has 0 aromatic carbocycles.